The molecule has 1 aliphatic rings. The van der Waals surface area contributed by atoms with E-state index in [4.69, 9.17) is 4.74 Å². The zero-order chi connectivity index (χ0) is 18.7. The minimum atomic E-state index is -3.62. The van der Waals surface area contributed by atoms with Crippen LogP contribution in [0.25, 0.3) is 0 Å². The summed E-state index contributed by atoms with van der Waals surface area (Å²) in [6.45, 7) is 0.801. The zero-order valence-electron chi connectivity index (χ0n) is 14.5. The molecule has 0 aromatic heterocycles. The molecule has 26 heavy (non-hydrogen) atoms. The predicted octanol–water partition coefficient (Wildman–Crippen LogP) is 0.808. The van der Waals surface area contributed by atoms with Gasteiger partial charge in [-0.25, -0.2) is 8.42 Å². The highest BCUT2D eigenvalue weighted by Crippen LogP contribution is 2.29. The van der Waals surface area contributed by atoms with Crippen molar-refractivity contribution in [1.82, 2.24) is 10.6 Å². The van der Waals surface area contributed by atoms with Crippen LogP contribution in [0.15, 0.2) is 18.2 Å². The van der Waals surface area contributed by atoms with Crippen LogP contribution >= 0.6 is 12.4 Å². The van der Waals surface area contributed by atoms with Gasteiger partial charge in [0, 0.05) is 30.5 Å². The fourth-order valence-electron chi connectivity index (χ4n) is 2.95. The number of ether oxygens (including phenoxy) is 1. The van der Waals surface area contributed by atoms with Crippen molar-refractivity contribution >= 4 is 33.8 Å². The number of nitro groups is 1. The minimum Gasteiger partial charge on any atom is -0.496 e. The van der Waals surface area contributed by atoms with Gasteiger partial charge in [-0.05, 0) is 32.0 Å². The Labute approximate surface area is 158 Å². The normalized spacial score (nSPS) is 16.2. The van der Waals surface area contributed by atoms with Crippen molar-refractivity contribution in [3.05, 3.63) is 33.9 Å². The van der Waals surface area contributed by atoms with E-state index in [1.54, 1.807) is 0 Å². The standard InChI is InChI=1S/C15H21N3O6S.ClH/c1-24-13-4-3-12(18(20)21)9-11(13)10-17-14(19)15(25(2,22)23)5-7-16-8-6-15;/h3-4,9,16H,5-8,10H2,1-2H3,(H,17,19);1H. The Balaban J connectivity index is 0.00000338. The van der Waals surface area contributed by atoms with E-state index >= 15 is 0 Å². The summed E-state index contributed by atoms with van der Waals surface area (Å²) in [5.74, 6) is -0.213. The molecule has 0 unspecified atom stereocenters. The molecule has 1 aromatic rings. The number of non-ortho nitro benzene ring substituents is 1. The van der Waals surface area contributed by atoms with E-state index in [2.05, 4.69) is 10.6 Å². The van der Waals surface area contributed by atoms with E-state index in [0.29, 0.717) is 24.4 Å². The first kappa shape index (κ1) is 22.1. The average Bonchev–Trinajstić information content (AvgIpc) is 2.58. The number of nitrogens with one attached hydrogen (secondary N) is 2. The first-order chi connectivity index (χ1) is 11.7. The number of halogens is 1. The number of benzene rings is 1. The van der Waals surface area contributed by atoms with Gasteiger partial charge in [-0.1, -0.05) is 0 Å². The molecule has 0 saturated carbocycles. The maximum Gasteiger partial charge on any atom is 0.270 e. The fourth-order valence-corrected chi connectivity index (χ4v) is 4.30. The predicted molar refractivity (Wildman–Crippen MR) is 98.4 cm³/mol. The van der Waals surface area contributed by atoms with Crippen LogP contribution < -0.4 is 15.4 Å². The topological polar surface area (TPSA) is 128 Å². The third kappa shape index (κ3) is 4.43. The SMILES string of the molecule is COc1ccc([N+](=O)[O-])cc1CNC(=O)C1(S(C)(=O)=O)CCNCC1.Cl. The molecule has 1 heterocycles. The molecule has 1 amide bonds. The van der Waals surface area contributed by atoms with Crippen LogP contribution in [0.2, 0.25) is 0 Å². The highest BCUT2D eigenvalue weighted by molar-refractivity contribution is 7.92. The molecule has 1 aliphatic heterocycles. The van der Waals surface area contributed by atoms with Gasteiger partial charge in [-0.3, -0.25) is 14.9 Å². The number of methoxy groups -OCH3 is 1. The molecule has 2 N–H and O–H groups in total. The van der Waals surface area contributed by atoms with Crippen molar-refractivity contribution in [3.63, 3.8) is 0 Å². The number of hydrogen-bond acceptors (Lipinski definition) is 7. The smallest absolute Gasteiger partial charge is 0.270 e. The van der Waals surface area contributed by atoms with E-state index in [1.807, 2.05) is 0 Å². The highest BCUT2D eigenvalue weighted by atomic mass is 35.5. The Morgan fingerprint density at radius 1 is 1.38 bits per heavy atom. The lowest BCUT2D eigenvalue weighted by atomic mass is 9.95. The number of rotatable bonds is 6. The van der Waals surface area contributed by atoms with Crippen molar-refractivity contribution in [2.75, 3.05) is 26.5 Å². The fraction of sp³-hybridized carbons (Fsp3) is 0.533. The van der Waals surface area contributed by atoms with E-state index in [9.17, 15) is 23.3 Å². The van der Waals surface area contributed by atoms with Crippen molar-refractivity contribution in [1.29, 1.82) is 0 Å². The summed E-state index contributed by atoms with van der Waals surface area (Å²) in [5.41, 5.74) is 0.271. The maximum absolute atomic E-state index is 12.7. The van der Waals surface area contributed by atoms with Crippen molar-refractivity contribution in [2.24, 2.45) is 0 Å². The summed E-state index contributed by atoms with van der Waals surface area (Å²) in [7, 11) is -2.21. The van der Waals surface area contributed by atoms with Crippen LogP contribution in [0.4, 0.5) is 5.69 Å². The molecule has 9 nitrogen and oxygen atoms in total. The number of amides is 1. The Bertz CT molecular complexity index is 778. The highest BCUT2D eigenvalue weighted by Gasteiger charge is 2.48. The summed E-state index contributed by atoms with van der Waals surface area (Å²) >= 11 is 0. The van der Waals surface area contributed by atoms with E-state index in [0.717, 1.165) is 6.26 Å². The second kappa shape index (κ2) is 8.65. The van der Waals surface area contributed by atoms with E-state index in [-0.39, 0.29) is 37.5 Å². The third-order valence-electron chi connectivity index (χ3n) is 4.45. The molecule has 0 aliphatic carbocycles. The molecule has 2 rings (SSSR count). The quantitative estimate of drug-likeness (QED) is 0.527. The molecule has 1 fully saturated rings. The molecule has 0 atom stereocenters. The Morgan fingerprint density at radius 2 is 2.00 bits per heavy atom. The van der Waals surface area contributed by atoms with E-state index in [1.165, 1.54) is 25.3 Å². The van der Waals surface area contributed by atoms with Crippen molar-refractivity contribution in [3.8, 4) is 5.75 Å². The average molecular weight is 408 g/mol. The number of carbonyl (C=O) groups is 1. The van der Waals surface area contributed by atoms with Gasteiger partial charge in [0.05, 0.1) is 12.0 Å². The molecular weight excluding hydrogens is 386 g/mol. The van der Waals surface area contributed by atoms with Crippen LogP contribution in [0.5, 0.6) is 5.75 Å². The van der Waals surface area contributed by atoms with Gasteiger partial charge in [0.2, 0.25) is 5.91 Å². The molecule has 1 aromatic carbocycles. The first-order valence-electron chi connectivity index (χ1n) is 7.71. The number of nitrogens with zero attached hydrogens (tertiary/aromatic N) is 1. The molecule has 0 bridgehead atoms. The Hall–Kier alpha value is -1.91. The Kier molecular flexibility index (Phi) is 7.36. The lowest BCUT2D eigenvalue weighted by Gasteiger charge is -2.34. The molecule has 1 saturated heterocycles. The van der Waals surface area contributed by atoms with Crippen molar-refractivity contribution in [2.45, 2.75) is 24.1 Å². The summed E-state index contributed by atoms with van der Waals surface area (Å²) < 4.78 is 28.1. The summed E-state index contributed by atoms with van der Waals surface area (Å²) in [6, 6.07) is 4.04. The van der Waals surface area contributed by atoms with Gasteiger partial charge in [0.1, 0.15) is 5.75 Å². The molecule has 11 heteroatoms. The van der Waals surface area contributed by atoms with E-state index < -0.39 is 25.4 Å². The maximum atomic E-state index is 12.7. The summed E-state index contributed by atoms with van der Waals surface area (Å²) in [5, 5.41) is 16.6. The van der Waals surface area contributed by atoms with Gasteiger partial charge in [0.15, 0.2) is 14.6 Å². The van der Waals surface area contributed by atoms with Crippen molar-refractivity contribution < 1.29 is 22.9 Å². The number of sulfone groups is 1. The molecular formula is C15H22ClN3O6S. The molecule has 0 radical (unpaired) electrons. The van der Waals surface area contributed by atoms with Gasteiger partial charge in [-0.15, -0.1) is 12.4 Å². The monoisotopic (exact) mass is 407 g/mol. The number of hydrogen-bond donors (Lipinski definition) is 2. The van der Waals surface area contributed by atoms with Crippen LogP contribution in [0, 0.1) is 10.1 Å². The van der Waals surface area contributed by atoms with Gasteiger partial charge >= 0.3 is 0 Å². The minimum absolute atomic E-state index is 0. The first-order valence-corrected chi connectivity index (χ1v) is 9.60. The van der Waals surface area contributed by atoms with Crippen LogP contribution in [0.1, 0.15) is 18.4 Å². The third-order valence-corrected chi connectivity index (χ3v) is 6.46. The van der Waals surface area contributed by atoms with Crippen LogP contribution in [-0.2, 0) is 21.2 Å². The van der Waals surface area contributed by atoms with Gasteiger partial charge < -0.3 is 15.4 Å². The molecule has 146 valence electrons. The molecule has 0 spiro atoms. The Morgan fingerprint density at radius 3 is 2.50 bits per heavy atom. The number of piperidine rings is 1. The second-order valence-electron chi connectivity index (χ2n) is 5.95. The van der Waals surface area contributed by atoms with Gasteiger partial charge in [0.25, 0.3) is 5.69 Å². The summed E-state index contributed by atoms with van der Waals surface area (Å²) in [6.07, 6.45) is 1.43. The largest absolute Gasteiger partial charge is 0.496 e. The number of nitro benzene ring substituents is 1. The lowest BCUT2D eigenvalue weighted by Crippen LogP contribution is -2.57. The van der Waals surface area contributed by atoms with Gasteiger partial charge in [-0.2, -0.15) is 0 Å². The van der Waals surface area contributed by atoms with Crippen LogP contribution in [0.3, 0.4) is 0 Å². The number of carbonyl (C=O) groups excluding carboxylic acids is 1. The lowest BCUT2D eigenvalue weighted by molar-refractivity contribution is -0.384. The zero-order valence-corrected chi connectivity index (χ0v) is 16.1. The second-order valence-corrected chi connectivity index (χ2v) is 8.28. The van der Waals surface area contributed by atoms with Crippen LogP contribution in [-0.4, -0.2) is 50.5 Å². The summed E-state index contributed by atoms with van der Waals surface area (Å²) in [4.78, 5) is 23.0.